The molecule has 21 heavy (non-hydrogen) atoms. The van der Waals surface area contributed by atoms with E-state index in [9.17, 15) is 0 Å². The van der Waals surface area contributed by atoms with E-state index in [1.54, 1.807) is 0 Å². The summed E-state index contributed by atoms with van der Waals surface area (Å²) in [4.78, 5) is 0. The Morgan fingerprint density at radius 2 is 1.19 bits per heavy atom. The molecule has 0 aromatic heterocycles. The molecule has 1 heteroatoms. The van der Waals surface area contributed by atoms with Gasteiger partial charge in [-0.25, -0.2) is 0 Å². The predicted octanol–water partition coefficient (Wildman–Crippen LogP) is 7.43. The van der Waals surface area contributed by atoms with E-state index in [2.05, 4.69) is 27.7 Å². The summed E-state index contributed by atoms with van der Waals surface area (Å²) >= 11 is 0. The lowest BCUT2D eigenvalue weighted by atomic mass is 9.91. The number of unbranched alkanes of at least 4 members (excludes halogenated alkanes) is 1. The van der Waals surface area contributed by atoms with Gasteiger partial charge in [0.25, 0.3) is 0 Å². The van der Waals surface area contributed by atoms with Gasteiger partial charge in [-0.1, -0.05) is 118 Å². The second-order valence-corrected chi connectivity index (χ2v) is 7.40. The van der Waals surface area contributed by atoms with Crippen molar-refractivity contribution in [2.75, 3.05) is 0 Å². The molecule has 1 nitrogen and oxygen atoms in total. The molecule has 2 saturated carbocycles. The topological polar surface area (TPSA) is 31.5 Å². The van der Waals surface area contributed by atoms with Gasteiger partial charge in [-0.05, 0) is 11.8 Å². The Balaban J connectivity index is -0.000000111. The monoisotopic (exact) mass is 304 g/mol. The summed E-state index contributed by atoms with van der Waals surface area (Å²) in [6.07, 6.45) is 20.6. The van der Waals surface area contributed by atoms with Crippen molar-refractivity contribution in [3.63, 3.8) is 0 Å². The fourth-order valence-electron chi connectivity index (χ4n) is 2.98. The third-order valence-corrected chi connectivity index (χ3v) is 4.53. The highest BCUT2D eigenvalue weighted by atomic mass is 16.0. The molecule has 0 aromatic rings. The van der Waals surface area contributed by atoms with Crippen LogP contribution in [-0.2, 0) is 0 Å². The van der Waals surface area contributed by atoms with Gasteiger partial charge in [-0.2, -0.15) is 0 Å². The Kier molecular flexibility index (Phi) is 19.9. The summed E-state index contributed by atoms with van der Waals surface area (Å²) in [6, 6.07) is 0. The maximum absolute atomic E-state index is 2.36. The first-order valence-electron chi connectivity index (χ1n) is 9.66. The SMILES string of the molecule is C1CCCCC1.CC1CCCCC1.CCCCC(C)C.O.[HH].[HH]. The molecule has 0 heterocycles. The van der Waals surface area contributed by atoms with Gasteiger partial charge >= 0.3 is 0 Å². The zero-order valence-corrected chi connectivity index (χ0v) is 15.6. The van der Waals surface area contributed by atoms with Crippen molar-refractivity contribution in [2.45, 2.75) is 118 Å². The van der Waals surface area contributed by atoms with Gasteiger partial charge in [-0.15, -0.1) is 0 Å². The van der Waals surface area contributed by atoms with Crippen molar-refractivity contribution in [1.29, 1.82) is 0 Å². The lowest BCUT2D eigenvalue weighted by molar-refractivity contribution is 0.385. The van der Waals surface area contributed by atoms with Gasteiger partial charge in [0.15, 0.2) is 0 Å². The van der Waals surface area contributed by atoms with Crippen LogP contribution in [0.3, 0.4) is 0 Å². The first-order valence-corrected chi connectivity index (χ1v) is 9.66. The van der Waals surface area contributed by atoms with E-state index < -0.39 is 0 Å². The zero-order chi connectivity index (χ0) is 15.1. The summed E-state index contributed by atoms with van der Waals surface area (Å²) in [6.45, 7) is 9.15. The van der Waals surface area contributed by atoms with E-state index in [0.29, 0.717) is 0 Å². The molecule has 2 fully saturated rings. The van der Waals surface area contributed by atoms with Gasteiger partial charge in [0.05, 0.1) is 0 Å². The molecule has 0 spiro atoms. The van der Waals surface area contributed by atoms with Crippen LogP contribution in [0.2, 0.25) is 0 Å². The molecule has 0 radical (unpaired) electrons. The van der Waals surface area contributed by atoms with Gasteiger partial charge in [0.2, 0.25) is 0 Å². The van der Waals surface area contributed by atoms with Crippen LogP contribution >= 0.6 is 0 Å². The van der Waals surface area contributed by atoms with Crippen molar-refractivity contribution in [2.24, 2.45) is 11.8 Å². The van der Waals surface area contributed by atoms with Gasteiger partial charge in [-0.3, -0.25) is 0 Å². The summed E-state index contributed by atoms with van der Waals surface area (Å²) in [5.41, 5.74) is 0. The van der Waals surface area contributed by atoms with Crippen LogP contribution in [0.1, 0.15) is 120 Å². The van der Waals surface area contributed by atoms with Crippen LogP contribution in [0.4, 0.5) is 0 Å². The molecule has 2 N–H and O–H groups in total. The van der Waals surface area contributed by atoms with Gasteiger partial charge < -0.3 is 5.48 Å². The number of hydrogen-bond acceptors (Lipinski definition) is 0. The lowest BCUT2D eigenvalue weighted by Gasteiger charge is -2.15. The van der Waals surface area contributed by atoms with Gasteiger partial charge in [0.1, 0.15) is 0 Å². The van der Waals surface area contributed by atoms with E-state index >= 15 is 0 Å². The Labute approximate surface area is 138 Å². The summed E-state index contributed by atoms with van der Waals surface area (Å²) in [7, 11) is 0. The van der Waals surface area contributed by atoms with E-state index in [-0.39, 0.29) is 8.33 Å². The number of hydrogen-bond donors (Lipinski definition) is 0. The van der Waals surface area contributed by atoms with Crippen LogP contribution < -0.4 is 0 Å². The largest absolute Gasteiger partial charge is 0.412 e. The summed E-state index contributed by atoms with van der Waals surface area (Å²) < 4.78 is 0. The van der Waals surface area contributed by atoms with E-state index in [1.807, 2.05) is 0 Å². The molecule has 0 bridgehead atoms. The zero-order valence-electron chi connectivity index (χ0n) is 15.6. The van der Waals surface area contributed by atoms with E-state index in [0.717, 1.165) is 11.8 Å². The normalized spacial score (nSPS) is 18.7. The Morgan fingerprint density at radius 3 is 1.38 bits per heavy atom. The van der Waals surface area contributed by atoms with Crippen LogP contribution in [0.15, 0.2) is 0 Å². The molecule has 134 valence electrons. The van der Waals surface area contributed by atoms with Crippen LogP contribution in [-0.4, -0.2) is 5.48 Å². The molecular weight excluding hydrogens is 256 g/mol. The van der Waals surface area contributed by atoms with Crippen LogP contribution in [0, 0.1) is 11.8 Å². The molecule has 0 unspecified atom stereocenters. The van der Waals surface area contributed by atoms with Crippen molar-refractivity contribution < 1.29 is 8.33 Å². The molecule has 2 aliphatic carbocycles. The maximum Gasteiger partial charge on any atom is 0 e. The summed E-state index contributed by atoms with van der Waals surface area (Å²) in [5, 5.41) is 0. The maximum atomic E-state index is 2.36. The minimum atomic E-state index is 0. The Morgan fingerprint density at radius 1 is 0.810 bits per heavy atom. The molecule has 0 atom stereocenters. The smallest absolute Gasteiger partial charge is 0 e. The summed E-state index contributed by atoms with van der Waals surface area (Å²) in [5.74, 6) is 1.94. The second-order valence-electron chi connectivity index (χ2n) is 7.40. The van der Waals surface area contributed by atoms with Crippen molar-refractivity contribution >= 4 is 0 Å². The van der Waals surface area contributed by atoms with Crippen molar-refractivity contribution in [3.05, 3.63) is 0 Å². The minimum absolute atomic E-state index is 0. The van der Waals surface area contributed by atoms with Crippen LogP contribution in [0.5, 0.6) is 0 Å². The van der Waals surface area contributed by atoms with Gasteiger partial charge in [0, 0.05) is 2.85 Å². The fourth-order valence-corrected chi connectivity index (χ4v) is 2.98. The molecular formula is C20H48O. The molecule has 2 rings (SSSR count). The lowest BCUT2D eigenvalue weighted by Crippen LogP contribution is -1.99. The highest BCUT2D eigenvalue weighted by Crippen LogP contribution is 2.22. The Bertz CT molecular complexity index is 165. The average Bonchev–Trinajstić information content (AvgIpc) is 2.49. The van der Waals surface area contributed by atoms with Crippen molar-refractivity contribution in [1.82, 2.24) is 0 Å². The molecule has 0 aliphatic heterocycles. The molecule has 0 amide bonds. The second kappa shape index (κ2) is 18.0. The average molecular weight is 305 g/mol. The molecule has 0 saturated heterocycles. The number of rotatable bonds is 3. The first-order chi connectivity index (χ1) is 9.66. The minimum Gasteiger partial charge on any atom is -0.412 e. The standard InChI is InChI=1S/C7H14.C7H16.C6H12.H2O.2H2/c1-7-5-3-2-4-6-7;1-4-5-6-7(2)3;1-2-4-6-5-3-1;;;/h7H,2-6H2,1H3;7H,4-6H2,1-3H3;1-6H2;1H2;2*1H. The van der Waals surface area contributed by atoms with E-state index in [4.69, 9.17) is 0 Å². The quantitative estimate of drug-likeness (QED) is 0.519. The van der Waals surface area contributed by atoms with Crippen molar-refractivity contribution in [3.8, 4) is 0 Å². The fraction of sp³-hybridized carbons (Fsp3) is 1.00. The van der Waals surface area contributed by atoms with Crippen LogP contribution in [0.25, 0.3) is 0 Å². The third kappa shape index (κ3) is 20.0. The predicted molar refractivity (Wildman–Crippen MR) is 102 cm³/mol. The first kappa shape index (κ1) is 23.2. The third-order valence-electron chi connectivity index (χ3n) is 4.53. The van der Waals surface area contributed by atoms with E-state index in [1.165, 1.54) is 89.9 Å². The molecule has 0 aromatic carbocycles. The highest BCUT2D eigenvalue weighted by molar-refractivity contribution is 4.59. The molecule has 2 aliphatic rings. The Hall–Kier alpha value is -0.0400. The highest BCUT2D eigenvalue weighted by Gasteiger charge is 2.05.